The Morgan fingerprint density at radius 2 is 1.78 bits per heavy atom. The molecule has 18 heavy (non-hydrogen) atoms. The molecule has 0 aliphatic rings. The zero-order valence-electron chi connectivity index (χ0n) is 11.7. The van der Waals surface area contributed by atoms with Crippen LogP contribution in [0.2, 0.25) is 0 Å². The van der Waals surface area contributed by atoms with Crippen LogP contribution in [-0.4, -0.2) is 34.3 Å². The predicted octanol–water partition coefficient (Wildman–Crippen LogP) is 2.21. The molecule has 1 aromatic heterocycles. The molecule has 0 bridgehead atoms. The van der Waals surface area contributed by atoms with Crippen molar-refractivity contribution in [1.29, 1.82) is 0 Å². The maximum atomic E-state index is 9.55. The molecule has 3 N–H and O–H groups in total. The van der Waals surface area contributed by atoms with E-state index >= 15 is 0 Å². The molecule has 0 fully saturated rings. The molecular weight excluding hydrogens is 228 g/mol. The van der Waals surface area contributed by atoms with Crippen LogP contribution < -0.4 is 10.6 Å². The summed E-state index contributed by atoms with van der Waals surface area (Å²) in [5.74, 6) is 2.67. The van der Waals surface area contributed by atoms with Crippen LogP contribution >= 0.6 is 0 Å². The molecule has 102 valence electrons. The van der Waals surface area contributed by atoms with E-state index in [2.05, 4.69) is 34.4 Å². The number of nitrogens with zero attached hydrogens (tertiary/aromatic N) is 2. The first-order valence-corrected chi connectivity index (χ1v) is 6.61. The first-order valence-electron chi connectivity index (χ1n) is 6.61. The van der Waals surface area contributed by atoms with Crippen molar-refractivity contribution in [2.24, 2.45) is 0 Å². The SMILES string of the molecule is CCNc1cc(NCC(O)CC)nc(C(C)C)n1. The van der Waals surface area contributed by atoms with Gasteiger partial charge in [-0.25, -0.2) is 9.97 Å². The van der Waals surface area contributed by atoms with Gasteiger partial charge in [0, 0.05) is 25.1 Å². The van der Waals surface area contributed by atoms with Crippen LogP contribution in [0, 0.1) is 0 Å². The molecule has 0 aromatic carbocycles. The lowest BCUT2D eigenvalue weighted by Crippen LogP contribution is -2.19. The smallest absolute Gasteiger partial charge is 0.135 e. The molecule has 0 saturated heterocycles. The summed E-state index contributed by atoms with van der Waals surface area (Å²) < 4.78 is 0. The van der Waals surface area contributed by atoms with Gasteiger partial charge in [0.25, 0.3) is 0 Å². The van der Waals surface area contributed by atoms with E-state index < -0.39 is 0 Å². The van der Waals surface area contributed by atoms with Gasteiger partial charge in [0.15, 0.2) is 0 Å². The molecule has 1 unspecified atom stereocenters. The lowest BCUT2D eigenvalue weighted by atomic mass is 10.2. The number of nitrogens with one attached hydrogen (secondary N) is 2. The zero-order chi connectivity index (χ0) is 13.5. The molecule has 0 radical (unpaired) electrons. The van der Waals surface area contributed by atoms with Gasteiger partial charge in [-0.1, -0.05) is 20.8 Å². The van der Waals surface area contributed by atoms with Gasteiger partial charge in [0.2, 0.25) is 0 Å². The number of hydrogen-bond acceptors (Lipinski definition) is 5. The van der Waals surface area contributed by atoms with E-state index in [1.165, 1.54) is 0 Å². The third-order valence-electron chi connectivity index (χ3n) is 2.61. The minimum Gasteiger partial charge on any atom is -0.391 e. The van der Waals surface area contributed by atoms with Gasteiger partial charge in [0.05, 0.1) is 6.10 Å². The van der Waals surface area contributed by atoms with Crippen molar-refractivity contribution in [1.82, 2.24) is 9.97 Å². The Balaban J connectivity index is 2.82. The van der Waals surface area contributed by atoms with Gasteiger partial charge in [-0.2, -0.15) is 0 Å². The van der Waals surface area contributed by atoms with Crippen molar-refractivity contribution in [2.45, 2.75) is 46.1 Å². The van der Waals surface area contributed by atoms with Crippen LogP contribution in [0.5, 0.6) is 0 Å². The number of aromatic nitrogens is 2. The van der Waals surface area contributed by atoms with E-state index in [-0.39, 0.29) is 12.0 Å². The highest BCUT2D eigenvalue weighted by Gasteiger charge is 2.08. The van der Waals surface area contributed by atoms with Crippen LogP contribution in [0.3, 0.4) is 0 Å². The highest BCUT2D eigenvalue weighted by molar-refractivity contribution is 5.47. The second-order valence-corrected chi connectivity index (χ2v) is 4.62. The van der Waals surface area contributed by atoms with Crippen molar-refractivity contribution in [2.75, 3.05) is 23.7 Å². The van der Waals surface area contributed by atoms with Gasteiger partial charge >= 0.3 is 0 Å². The van der Waals surface area contributed by atoms with E-state index in [0.717, 1.165) is 30.4 Å². The van der Waals surface area contributed by atoms with Crippen LogP contribution in [0.4, 0.5) is 11.6 Å². The molecule has 1 rings (SSSR count). The second kappa shape index (κ2) is 7.16. The summed E-state index contributed by atoms with van der Waals surface area (Å²) in [6.45, 7) is 9.45. The van der Waals surface area contributed by atoms with Gasteiger partial charge in [-0.15, -0.1) is 0 Å². The van der Waals surface area contributed by atoms with E-state index in [4.69, 9.17) is 0 Å². The zero-order valence-corrected chi connectivity index (χ0v) is 11.7. The third-order valence-corrected chi connectivity index (χ3v) is 2.61. The Bertz CT molecular complexity index is 368. The van der Waals surface area contributed by atoms with Crippen LogP contribution in [-0.2, 0) is 0 Å². The van der Waals surface area contributed by atoms with Crippen molar-refractivity contribution < 1.29 is 5.11 Å². The number of aliphatic hydroxyl groups excluding tert-OH is 1. The largest absolute Gasteiger partial charge is 0.391 e. The van der Waals surface area contributed by atoms with Gasteiger partial charge in [-0.3, -0.25) is 0 Å². The Morgan fingerprint density at radius 3 is 2.28 bits per heavy atom. The lowest BCUT2D eigenvalue weighted by molar-refractivity contribution is 0.183. The minimum atomic E-state index is -0.343. The quantitative estimate of drug-likeness (QED) is 0.694. The average molecular weight is 252 g/mol. The summed E-state index contributed by atoms with van der Waals surface area (Å²) in [6, 6.07) is 1.87. The normalized spacial score (nSPS) is 12.6. The first-order chi connectivity index (χ1) is 8.56. The van der Waals surface area contributed by atoms with Crippen molar-refractivity contribution in [3.05, 3.63) is 11.9 Å². The Morgan fingerprint density at radius 1 is 1.17 bits per heavy atom. The molecule has 0 amide bonds. The molecule has 5 heteroatoms. The Labute approximate surface area is 109 Å². The summed E-state index contributed by atoms with van der Waals surface area (Å²) in [4.78, 5) is 8.89. The fourth-order valence-corrected chi connectivity index (χ4v) is 1.45. The molecule has 1 atom stereocenters. The lowest BCUT2D eigenvalue weighted by Gasteiger charge is -2.14. The van der Waals surface area contributed by atoms with E-state index in [0.29, 0.717) is 6.54 Å². The predicted molar refractivity (Wildman–Crippen MR) is 75.1 cm³/mol. The monoisotopic (exact) mass is 252 g/mol. The fraction of sp³-hybridized carbons (Fsp3) is 0.692. The van der Waals surface area contributed by atoms with E-state index in [1.807, 2.05) is 19.9 Å². The van der Waals surface area contributed by atoms with Gasteiger partial charge < -0.3 is 15.7 Å². The number of anilines is 2. The molecule has 0 spiro atoms. The molecule has 0 aliphatic carbocycles. The van der Waals surface area contributed by atoms with Crippen molar-refractivity contribution in [3.63, 3.8) is 0 Å². The number of rotatable bonds is 7. The summed E-state index contributed by atoms with van der Waals surface area (Å²) in [5, 5.41) is 15.9. The Hall–Kier alpha value is -1.36. The minimum absolute atomic E-state index is 0.278. The second-order valence-electron chi connectivity index (χ2n) is 4.62. The molecular formula is C13H24N4O. The highest BCUT2D eigenvalue weighted by Crippen LogP contribution is 2.16. The van der Waals surface area contributed by atoms with E-state index in [9.17, 15) is 5.11 Å². The van der Waals surface area contributed by atoms with Gasteiger partial charge in [0.1, 0.15) is 17.5 Å². The summed E-state index contributed by atoms with van der Waals surface area (Å²) in [6.07, 6.45) is 0.389. The van der Waals surface area contributed by atoms with E-state index in [1.54, 1.807) is 0 Å². The molecule has 1 aromatic rings. The average Bonchev–Trinajstić information content (AvgIpc) is 2.36. The Kier molecular flexibility index (Phi) is 5.85. The molecule has 0 saturated carbocycles. The summed E-state index contributed by atoms with van der Waals surface area (Å²) in [7, 11) is 0. The maximum absolute atomic E-state index is 9.55. The van der Waals surface area contributed by atoms with Crippen LogP contribution in [0.15, 0.2) is 6.07 Å². The molecule has 5 nitrogen and oxygen atoms in total. The molecule has 0 aliphatic heterocycles. The first kappa shape index (κ1) is 14.7. The highest BCUT2D eigenvalue weighted by atomic mass is 16.3. The number of hydrogen-bond donors (Lipinski definition) is 3. The number of aliphatic hydroxyl groups is 1. The van der Waals surface area contributed by atoms with Crippen molar-refractivity contribution >= 4 is 11.6 Å². The maximum Gasteiger partial charge on any atom is 0.135 e. The fourth-order valence-electron chi connectivity index (χ4n) is 1.45. The van der Waals surface area contributed by atoms with Gasteiger partial charge in [-0.05, 0) is 13.3 Å². The third kappa shape index (κ3) is 4.49. The van der Waals surface area contributed by atoms with Crippen molar-refractivity contribution in [3.8, 4) is 0 Å². The summed E-state index contributed by atoms with van der Waals surface area (Å²) in [5.41, 5.74) is 0. The van der Waals surface area contributed by atoms with Crippen LogP contribution in [0.25, 0.3) is 0 Å². The topological polar surface area (TPSA) is 70.1 Å². The van der Waals surface area contributed by atoms with Crippen LogP contribution in [0.1, 0.15) is 45.9 Å². The summed E-state index contributed by atoms with van der Waals surface area (Å²) >= 11 is 0. The molecule has 1 heterocycles. The standard InChI is InChI=1S/C13H24N4O/c1-5-10(18)8-15-12-7-11(14-6-2)16-13(17-12)9(3)4/h7,9-10,18H,5-6,8H2,1-4H3,(H2,14,15,16,17).